The van der Waals surface area contributed by atoms with Crippen LogP contribution in [0.2, 0.25) is 0 Å². The van der Waals surface area contributed by atoms with Crippen LogP contribution in [0.25, 0.3) is 66.1 Å². The Balaban J connectivity index is 1.15. The van der Waals surface area contributed by atoms with Crippen LogP contribution in [0.5, 0.6) is 0 Å². The van der Waals surface area contributed by atoms with Gasteiger partial charge in [0.2, 0.25) is 0 Å². The lowest BCUT2D eigenvalue weighted by molar-refractivity contribution is 0.670. The van der Waals surface area contributed by atoms with E-state index in [0.717, 1.165) is 66.4 Å². The van der Waals surface area contributed by atoms with Gasteiger partial charge in [-0.15, -0.1) is 0 Å². The van der Waals surface area contributed by atoms with Gasteiger partial charge in [0.1, 0.15) is 11.2 Å². The summed E-state index contributed by atoms with van der Waals surface area (Å²) in [6.45, 7) is 4.48. The Morgan fingerprint density at radius 2 is 1.09 bits per heavy atom. The zero-order chi connectivity index (χ0) is 36.3. The van der Waals surface area contributed by atoms with E-state index in [1.54, 1.807) is 0 Å². The van der Waals surface area contributed by atoms with Crippen LogP contribution in [-0.2, 0) is 6.54 Å². The molecule has 54 heavy (non-hydrogen) atoms. The monoisotopic (exact) mass is 693 g/mol. The Labute approximate surface area is 314 Å². The molecule has 0 aliphatic rings. The molecule has 0 unspecified atom stereocenters. The second kappa shape index (κ2) is 14.5. The number of fused-ring (bicyclic) bond motifs is 4. The molecule has 4 heteroatoms. The van der Waals surface area contributed by atoms with Gasteiger partial charge in [-0.1, -0.05) is 170 Å². The zero-order valence-corrected chi connectivity index (χ0v) is 29.6. The third-order valence-electron chi connectivity index (χ3n) is 9.93. The van der Waals surface area contributed by atoms with Crippen molar-refractivity contribution in [2.75, 3.05) is 0 Å². The van der Waals surface area contributed by atoms with Crippen molar-refractivity contribution >= 4 is 51.1 Å². The second-order valence-corrected chi connectivity index (χ2v) is 13.2. The van der Waals surface area contributed by atoms with Crippen molar-refractivity contribution in [2.45, 2.75) is 6.54 Å². The van der Waals surface area contributed by atoms with E-state index in [1.165, 1.54) is 16.3 Å². The maximum Gasteiger partial charge on any atom is 0.161 e. The van der Waals surface area contributed by atoms with Crippen molar-refractivity contribution in [1.29, 1.82) is 0 Å². The molecule has 0 aliphatic carbocycles. The first-order valence-corrected chi connectivity index (χ1v) is 18.1. The number of hydrogen-bond acceptors (Lipinski definition) is 2. The predicted octanol–water partition coefficient (Wildman–Crippen LogP) is 12.8. The van der Waals surface area contributed by atoms with Gasteiger partial charge in [-0.2, -0.15) is 0 Å². The molecule has 0 saturated carbocycles. The summed E-state index contributed by atoms with van der Waals surface area (Å²) in [4.78, 5) is 14.7. The van der Waals surface area contributed by atoms with Gasteiger partial charge in [0.05, 0.1) is 6.54 Å². The average Bonchev–Trinajstić information content (AvgIpc) is 3.64. The van der Waals surface area contributed by atoms with Crippen molar-refractivity contribution in [2.24, 2.45) is 15.0 Å². The Morgan fingerprint density at radius 1 is 0.481 bits per heavy atom. The fourth-order valence-corrected chi connectivity index (χ4v) is 7.21. The highest BCUT2D eigenvalue weighted by Crippen LogP contribution is 2.39. The van der Waals surface area contributed by atoms with Gasteiger partial charge in [-0.3, -0.25) is 4.99 Å². The number of hydrogen-bond donors (Lipinski definition) is 0. The van der Waals surface area contributed by atoms with Crippen molar-refractivity contribution in [3.63, 3.8) is 0 Å². The van der Waals surface area contributed by atoms with E-state index >= 15 is 0 Å². The summed E-state index contributed by atoms with van der Waals surface area (Å²) < 4.78 is 6.65. The molecule has 0 N–H and O–H groups in total. The summed E-state index contributed by atoms with van der Waals surface area (Å²) in [5.41, 5.74) is 11.1. The highest BCUT2D eigenvalue weighted by Gasteiger charge is 2.20. The van der Waals surface area contributed by atoms with E-state index in [4.69, 9.17) is 14.4 Å². The molecule has 0 radical (unpaired) electrons. The van der Waals surface area contributed by atoms with Crippen molar-refractivity contribution < 1.29 is 4.42 Å². The van der Waals surface area contributed by atoms with Crippen molar-refractivity contribution in [3.8, 4) is 33.4 Å². The molecule has 256 valence electrons. The Morgan fingerprint density at radius 3 is 1.85 bits per heavy atom. The first-order chi connectivity index (χ1) is 26.7. The Kier molecular flexibility index (Phi) is 8.76. The van der Waals surface area contributed by atoms with Crippen molar-refractivity contribution in [3.05, 3.63) is 205 Å². The summed E-state index contributed by atoms with van der Waals surface area (Å²) in [6.07, 6.45) is 0. The van der Waals surface area contributed by atoms with Crippen LogP contribution in [0.15, 0.2) is 207 Å². The molecule has 0 amide bonds. The smallest absolute Gasteiger partial charge is 0.161 e. The molecule has 1 heterocycles. The summed E-state index contributed by atoms with van der Waals surface area (Å²) in [5.74, 6) is 1.05. The van der Waals surface area contributed by atoms with Gasteiger partial charge in [0, 0.05) is 27.5 Å². The number of nitrogens with zero attached hydrogens (tertiary/aromatic N) is 3. The third kappa shape index (κ3) is 6.31. The van der Waals surface area contributed by atoms with E-state index in [1.807, 2.05) is 42.5 Å². The minimum absolute atomic E-state index is 0.474. The largest absolute Gasteiger partial charge is 0.455 e. The van der Waals surface area contributed by atoms with Gasteiger partial charge < -0.3 is 4.42 Å². The fourth-order valence-electron chi connectivity index (χ4n) is 7.21. The highest BCUT2D eigenvalue weighted by molar-refractivity contribution is 6.23. The second-order valence-electron chi connectivity index (χ2n) is 13.2. The predicted molar refractivity (Wildman–Crippen MR) is 227 cm³/mol. The molecule has 0 fully saturated rings. The van der Waals surface area contributed by atoms with Crippen LogP contribution >= 0.6 is 0 Å². The first kappa shape index (κ1) is 32.7. The van der Waals surface area contributed by atoms with Gasteiger partial charge in [-0.25, -0.2) is 9.98 Å². The molecule has 0 saturated heterocycles. The van der Waals surface area contributed by atoms with Gasteiger partial charge >= 0.3 is 0 Å². The topological polar surface area (TPSA) is 50.2 Å². The van der Waals surface area contributed by atoms with E-state index in [-0.39, 0.29) is 0 Å². The van der Waals surface area contributed by atoms with Gasteiger partial charge in [0.15, 0.2) is 11.7 Å². The molecule has 0 aliphatic heterocycles. The zero-order valence-electron chi connectivity index (χ0n) is 29.6. The molecule has 4 nitrogen and oxygen atoms in total. The number of benzene rings is 8. The molecular formula is C50H35N3O. The lowest BCUT2D eigenvalue weighted by atomic mass is 9.94. The van der Waals surface area contributed by atoms with E-state index < -0.39 is 0 Å². The number of furan rings is 1. The SMILES string of the molecule is C=NC(=NC(=NCc1ccccc1)c1ccc(-c2ccccc2)cc1)c1ccc(-c2ccc(-c3cccc4ccccc34)cc2)c2oc3ccccc3c12. The van der Waals surface area contributed by atoms with Gasteiger partial charge in [0.25, 0.3) is 0 Å². The third-order valence-corrected chi connectivity index (χ3v) is 9.93. The summed E-state index contributed by atoms with van der Waals surface area (Å²) in [7, 11) is 0. The number of aliphatic imine (C=N–C) groups is 3. The average molecular weight is 694 g/mol. The molecule has 0 spiro atoms. The van der Waals surface area contributed by atoms with Crippen LogP contribution in [0, 0.1) is 0 Å². The summed E-state index contributed by atoms with van der Waals surface area (Å²) >= 11 is 0. The lowest BCUT2D eigenvalue weighted by Crippen LogP contribution is -2.06. The standard InChI is InChI=1S/C50H35N3O/c1-51-50(53-49(52-33-34-13-4-2-5-14-34)40-29-23-36(24-30-40)35-15-6-3-7-16-35)45-32-31-43(48-47(45)44-20-10-11-22-46(44)54-48)39-27-25-38(26-28-39)42-21-12-18-37-17-8-9-19-41(37)42/h2-32H,1,33H2. The van der Waals surface area contributed by atoms with Crippen LogP contribution in [-0.4, -0.2) is 18.4 Å². The number of rotatable bonds is 7. The van der Waals surface area contributed by atoms with Crippen LogP contribution < -0.4 is 0 Å². The van der Waals surface area contributed by atoms with Crippen LogP contribution in [0.3, 0.4) is 0 Å². The normalized spacial score (nSPS) is 12.1. The quantitative estimate of drug-likeness (QED) is 0.121. The lowest BCUT2D eigenvalue weighted by Gasteiger charge is -2.11. The van der Waals surface area contributed by atoms with E-state index in [0.29, 0.717) is 18.2 Å². The molecule has 0 atom stereocenters. The van der Waals surface area contributed by atoms with Gasteiger partial charge in [-0.05, 0) is 69.1 Å². The number of amidine groups is 2. The fraction of sp³-hybridized carbons (Fsp3) is 0.0200. The maximum atomic E-state index is 6.65. The molecular weight excluding hydrogens is 659 g/mol. The summed E-state index contributed by atoms with van der Waals surface area (Å²) in [6, 6.07) is 64.9. The molecule has 1 aromatic heterocycles. The van der Waals surface area contributed by atoms with Crippen LogP contribution in [0.1, 0.15) is 16.7 Å². The van der Waals surface area contributed by atoms with Crippen LogP contribution in [0.4, 0.5) is 0 Å². The molecule has 9 rings (SSSR count). The summed E-state index contributed by atoms with van der Waals surface area (Å²) in [5, 5.41) is 4.39. The Bertz CT molecular complexity index is 2830. The Hall–Kier alpha value is -7.17. The minimum Gasteiger partial charge on any atom is -0.455 e. The first-order valence-electron chi connectivity index (χ1n) is 18.1. The van der Waals surface area contributed by atoms with E-state index in [2.05, 4.69) is 157 Å². The molecule has 0 bridgehead atoms. The molecule has 9 aromatic rings. The maximum absolute atomic E-state index is 6.65. The number of para-hydroxylation sites is 1. The van der Waals surface area contributed by atoms with Crippen molar-refractivity contribution in [1.82, 2.24) is 0 Å². The van der Waals surface area contributed by atoms with E-state index in [9.17, 15) is 0 Å². The minimum atomic E-state index is 0.474. The molecule has 8 aromatic carbocycles. The highest BCUT2D eigenvalue weighted by atomic mass is 16.3.